The summed E-state index contributed by atoms with van der Waals surface area (Å²) in [6, 6.07) is 13.2. The molecule has 0 fully saturated rings. The minimum atomic E-state index is -0.383. The van der Waals surface area contributed by atoms with Gasteiger partial charge < -0.3 is 24.1 Å². The maximum absolute atomic E-state index is 14.0. The predicted molar refractivity (Wildman–Crippen MR) is 141 cm³/mol. The lowest BCUT2D eigenvalue weighted by Gasteiger charge is -2.21. The average molecular weight is 531 g/mol. The van der Waals surface area contributed by atoms with Gasteiger partial charge in [0.15, 0.2) is 0 Å². The Balaban J connectivity index is 1.63. The van der Waals surface area contributed by atoms with Gasteiger partial charge in [-0.15, -0.1) is 0 Å². The summed E-state index contributed by atoms with van der Waals surface area (Å²) in [5.74, 6) is 0.0401. The quantitative estimate of drug-likeness (QED) is 0.370. The molecule has 2 amide bonds. The van der Waals surface area contributed by atoms with Gasteiger partial charge in [0.05, 0.1) is 32.0 Å². The molecule has 0 saturated carbocycles. The molecule has 0 bridgehead atoms. The first kappa shape index (κ1) is 25.8. The van der Waals surface area contributed by atoms with Gasteiger partial charge in [-0.25, -0.2) is 4.39 Å². The van der Waals surface area contributed by atoms with E-state index in [1.165, 1.54) is 23.3 Å². The number of halogens is 1. The molecule has 9 nitrogen and oxygen atoms in total. The third-order valence-corrected chi connectivity index (χ3v) is 6.61. The second-order valence-corrected chi connectivity index (χ2v) is 9.29. The molecule has 39 heavy (non-hydrogen) atoms. The monoisotopic (exact) mass is 530 g/mol. The van der Waals surface area contributed by atoms with E-state index in [2.05, 4.69) is 5.32 Å². The number of rotatable bonds is 7. The van der Waals surface area contributed by atoms with Crippen LogP contribution in [0.15, 0.2) is 65.4 Å². The van der Waals surface area contributed by atoms with Crippen molar-refractivity contribution in [3.8, 4) is 22.6 Å². The van der Waals surface area contributed by atoms with Gasteiger partial charge >= 0.3 is 0 Å². The highest BCUT2D eigenvalue weighted by Crippen LogP contribution is 2.37. The summed E-state index contributed by atoms with van der Waals surface area (Å²) in [6.07, 6.45) is 3.04. The number of benzene rings is 3. The number of nitrogens with zero attached hydrogens (tertiary/aromatic N) is 2. The summed E-state index contributed by atoms with van der Waals surface area (Å²) < 4.78 is 31.4. The third kappa shape index (κ3) is 5.26. The van der Waals surface area contributed by atoms with Crippen LogP contribution in [0.5, 0.6) is 11.5 Å². The highest BCUT2D eigenvalue weighted by molar-refractivity contribution is 6.12. The maximum atomic E-state index is 14.0. The highest BCUT2D eigenvalue weighted by Gasteiger charge is 2.30. The number of methoxy groups -OCH3 is 2. The van der Waals surface area contributed by atoms with Gasteiger partial charge in [-0.05, 0) is 65.6 Å². The standard InChI is InChI=1S/C29H27FN4O5/c1-17-8-20(30)4-5-23(17)24-11-19(14-33-6-7-39-29(33)31)12-25-27(24)32-26(35)16-34(28(25)36)15-18-9-21(37-2)13-22(10-18)38-3/h4-13,31H,14-16H2,1-3H3,(H,32,35). The fraction of sp³-hybridized carbons (Fsp3) is 0.207. The van der Waals surface area contributed by atoms with Crippen molar-refractivity contribution in [3.05, 3.63) is 94.7 Å². The number of nitrogens with one attached hydrogen (secondary N) is 2. The van der Waals surface area contributed by atoms with E-state index in [1.54, 1.807) is 62.2 Å². The molecule has 200 valence electrons. The number of amides is 2. The first-order chi connectivity index (χ1) is 18.7. The van der Waals surface area contributed by atoms with E-state index < -0.39 is 0 Å². The Kier molecular flexibility index (Phi) is 6.93. The molecule has 0 saturated heterocycles. The molecule has 0 radical (unpaired) electrons. The van der Waals surface area contributed by atoms with E-state index in [9.17, 15) is 14.0 Å². The number of oxazole rings is 1. The lowest BCUT2D eigenvalue weighted by atomic mass is 9.93. The Morgan fingerprint density at radius 1 is 0.949 bits per heavy atom. The Morgan fingerprint density at radius 2 is 1.64 bits per heavy atom. The molecule has 0 spiro atoms. The van der Waals surface area contributed by atoms with Gasteiger partial charge in [-0.1, -0.05) is 6.07 Å². The molecule has 5 rings (SSSR count). The predicted octanol–water partition coefficient (Wildman–Crippen LogP) is 4.34. The van der Waals surface area contributed by atoms with Crippen LogP contribution in [0.4, 0.5) is 10.1 Å². The number of hydrogen-bond acceptors (Lipinski definition) is 6. The fourth-order valence-electron chi connectivity index (χ4n) is 4.76. The van der Waals surface area contributed by atoms with E-state index in [-0.39, 0.29) is 43.0 Å². The molecule has 3 aromatic carbocycles. The van der Waals surface area contributed by atoms with Gasteiger partial charge in [0.25, 0.3) is 11.6 Å². The Hall–Kier alpha value is -4.86. The smallest absolute Gasteiger partial charge is 0.293 e. The first-order valence-corrected chi connectivity index (χ1v) is 12.2. The Bertz CT molecular complexity index is 1620. The van der Waals surface area contributed by atoms with E-state index >= 15 is 0 Å². The second-order valence-electron chi connectivity index (χ2n) is 9.29. The zero-order valence-electron chi connectivity index (χ0n) is 21.7. The number of aromatic nitrogens is 1. The van der Waals surface area contributed by atoms with Crippen molar-refractivity contribution in [3.63, 3.8) is 0 Å². The van der Waals surface area contributed by atoms with Gasteiger partial charge in [-0.2, -0.15) is 0 Å². The van der Waals surface area contributed by atoms with Gasteiger partial charge in [0.1, 0.15) is 30.1 Å². The van der Waals surface area contributed by atoms with Crippen LogP contribution in [0.3, 0.4) is 0 Å². The maximum Gasteiger partial charge on any atom is 0.293 e. The molecule has 0 atom stereocenters. The number of anilines is 1. The number of fused-ring (bicyclic) bond motifs is 1. The van der Waals surface area contributed by atoms with Crippen molar-refractivity contribution in [2.24, 2.45) is 0 Å². The van der Waals surface area contributed by atoms with Crippen molar-refractivity contribution in [2.75, 3.05) is 26.1 Å². The van der Waals surface area contributed by atoms with Gasteiger partial charge in [0, 0.05) is 24.4 Å². The van der Waals surface area contributed by atoms with E-state index in [0.717, 1.165) is 5.56 Å². The molecule has 0 aliphatic carbocycles. The molecule has 10 heteroatoms. The minimum absolute atomic E-state index is 0.0438. The van der Waals surface area contributed by atoms with Crippen LogP contribution < -0.4 is 20.5 Å². The molecular formula is C29H27FN4O5. The summed E-state index contributed by atoms with van der Waals surface area (Å²) in [5, 5.41) is 10.9. The summed E-state index contributed by atoms with van der Waals surface area (Å²) in [6.45, 7) is 2.00. The summed E-state index contributed by atoms with van der Waals surface area (Å²) >= 11 is 0. The normalized spacial score (nSPS) is 13.1. The molecule has 0 unspecified atom stereocenters. The van der Waals surface area contributed by atoms with Crippen molar-refractivity contribution in [1.29, 1.82) is 5.41 Å². The lowest BCUT2D eigenvalue weighted by Crippen LogP contribution is -2.34. The topological polar surface area (TPSA) is 110 Å². The Morgan fingerprint density at radius 3 is 2.28 bits per heavy atom. The van der Waals surface area contributed by atoms with Crippen LogP contribution in [-0.2, 0) is 17.9 Å². The van der Waals surface area contributed by atoms with Crippen LogP contribution in [-0.4, -0.2) is 42.0 Å². The third-order valence-electron chi connectivity index (χ3n) is 6.61. The SMILES string of the molecule is COc1cc(CN2CC(=O)Nc3c(cc(Cn4ccoc4=N)cc3-c3ccc(F)cc3C)C2=O)cc(OC)c1. The van der Waals surface area contributed by atoms with Gasteiger partial charge in [0.2, 0.25) is 5.91 Å². The first-order valence-electron chi connectivity index (χ1n) is 12.2. The molecule has 1 aliphatic heterocycles. The van der Waals surface area contributed by atoms with E-state index in [1.807, 2.05) is 6.07 Å². The largest absolute Gasteiger partial charge is 0.497 e. The molecule has 1 aromatic heterocycles. The van der Waals surface area contributed by atoms with Crippen LogP contribution in [0.2, 0.25) is 0 Å². The Labute approximate surface area is 223 Å². The van der Waals surface area contributed by atoms with Crippen molar-refractivity contribution in [2.45, 2.75) is 20.0 Å². The van der Waals surface area contributed by atoms with E-state index in [0.29, 0.717) is 45.0 Å². The number of ether oxygens (including phenoxy) is 2. The fourth-order valence-corrected chi connectivity index (χ4v) is 4.76. The number of hydrogen-bond donors (Lipinski definition) is 2. The van der Waals surface area contributed by atoms with Crippen LogP contribution in [0, 0.1) is 18.2 Å². The van der Waals surface area contributed by atoms with Gasteiger partial charge in [-0.3, -0.25) is 19.6 Å². The molecular weight excluding hydrogens is 503 g/mol. The highest BCUT2D eigenvalue weighted by atomic mass is 19.1. The molecule has 1 aliphatic rings. The zero-order chi connectivity index (χ0) is 27.7. The van der Waals surface area contributed by atoms with Crippen molar-refractivity contribution in [1.82, 2.24) is 9.47 Å². The van der Waals surface area contributed by atoms with Crippen LogP contribution in [0.1, 0.15) is 27.0 Å². The molecule has 4 aromatic rings. The number of aryl methyl sites for hydroxylation is 1. The number of carbonyl (C=O) groups excluding carboxylic acids is 2. The summed E-state index contributed by atoms with van der Waals surface area (Å²) in [7, 11) is 3.08. The zero-order valence-corrected chi connectivity index (χ0v) is 21.7. The minimum Gasteiger partial charge on any atom is -0.497 e. The molecule has 2 heterocycles. The lowest BCUT2D eigenvalue weighted by molar-refractivity contribution is -0.116. The van der Waals surface area contributed by atoms with Crippen LogP contribution in [0.25, 0.3) is 11.1 Å². The second kappa shape index (κ2) is 10.5. The van der Waals surface area contributed by atoms with E-state index in [4.69, 9.17) is 19.3 Å². The van der Waals surface area contributed by atoms with Crippen molar-refractivity contribution >= 4 is 17.5 Å². The summed E-state index contributed by atoms with van der Waals surface area (Å²) in [4.78, 5) is 28.5. The number of carbonyl (C=O) groups is 2. The molecule has 2 N–H and O–H groups in total. The average Bonchev–Trinajstić information content (AvgIpc) is 3.27. The summed E-state index contributed by atoms with van der Waals surface area (Å²) in [5.41, 5.74) is 3.96. The van der Waals surface area contributed by atoms with Crippen LogP contribution >= 0.6 is 0 Å². The van der Waals surface area contributed by atoms with Crippen molar-refractivity contribution < 1.29 is 27.9 Å².